The van der Waals surface area contributed by atoms with Gasteiger partial charge in [0.15, 0.2) is 0 Å². The lowest BCUT2D eigenvalue weighted by atomic mass is 10.0. The highest BCUT2D eigenvalue weighted by molar-refractivity contribution is 6.26. The standard InChI is InChI=1S/C54H41N3/c1-3-36-18-24-44(25-19-36)55(42-12-7-5-8-13-42)46-28-22-38-32-50-48-16-11-17-49-51-33-39-23-29-47(31-41(39)35-53(51)57(54(48)49)52(50)34-40(38)30-46)56(43-14-9-6-10-15-43)45-26-20-37(4-2)21-27-45/h5-35H,3-4H2,1-2H3. The largest absolute Gasteiger partial charge is 0.310 e. The van der Waals surface area contributed by atoms with E-state index in [1.54, 1.807) is 0 Å². The van der Waals surface area contributed by atoms with E-state index in [1.165, 1.54) is 70.8 Å². The van der Waals surface area contributed by atoms with Crippen molar-refractivity contribution in [2.45, 2.75) is 26.7 Å². The molecular formula is C54H41N3. The summed E-state index contributed by atoms with van der Waals surface area (Å²) >= 11 is 0. The zero-order valence-electron chi connectivity index (χ0n) is 32.2. The molecule has 0 fully saturated rings. The Morgan fingerprint density at radius 3 is 1.16 bits per heavy atom. The van der Waals surface area contributed by atoms with E-state index in [1.807, 2.05) is 0 Å². The van der Waals surface area contributed by atoms with E-state index in [0.717, 1.165) is 47.0 Å². The lowest BCUT2D eigenvalue weighted by Gasteiger charge is -2.26. The minimum atomic E-state index is 1.02. The molecule has 0 N–H and O–H groups in total. The predicted octanol–water partition coefficient (Wildman–Crippen LogP) is 15.2. The molecule has 3 heteroatoms. The minimum Gasteiger partial charge on any atom is -0.310 e. The van der Waals surface area contributed by atoms with E-state index in [4.69, 9.17) is 0 Å². The number of hydrogen-bond acceptors (Lipinski definition) is 2. The molecule has 3 nitrogen and oxygen atoms in total. The van der Waals surface area contributed by atoms with Gasteiger partial charge in [0.1, 0.15) is 0 Å². The highest BCUT2D eigenvalue weighted by Gasteiger charge is 2.20. The molecule has 0 atom stereocenters. The van der Waals surface area contributed by atoms with Crippen LogP contribution in [0, 0.1) is 0 Å². The first-order chi connectivity index (χ1) is 28.1. The first-order valence-corrected chi connectivity index (χ1v) is 20.1. The van der Waals surface area contributed by atoms with Crippen molar-refractivity contribution in [3.8, 4) is 0 Å². The van der Waals surface area contributed by atoms with Gasteiger partial charge in [0.2, 0.25) is 0 Å². The lowest BCUT2D eigenvalue weighted by Crippen LogP contribution is -2.09. The number of aryl methyl sites for hydroxylation is 2. The Morgan fingerprint density at radius 1 is 0.333 bits per heavy atom. The van der Waals surface area contributed by atoms with Crippen LogP contribution in [0.15, 0.2) is 188 Å². The molecule has 0 aliphatic heterocycles. The first-order valence-electron chi connectivity index (χ1n) is 20.1. The first kappa shape index (κ1) is 33.3. The Hall–Kier alpha value is -7.10. The van der Waals surface area contributed by atoms with E-state index in [9.17, 15) is 0 Å². The van der Waals surface area contributed by atoms with Crippen LogP contribution >= 0.6 is 0 Å². The zero-order chi connectivity index (χ0) is 38.0. The molecule has 0 unspecified atom stereocenters. The maximum atomic E-state index is 2.52. The minimum absolute atomic E-state index is 1.02. The van der Waals surface area contributed by atoms with Gasteiger partial charge in [-0.1, -0.05) is 105 Å². The maximum absolute atomic E-state index is 2.52. The monoisotopic (exact) mass is 731 g/mol. The molecule has 11 rings (SSSR count). The number of rotatable bonds is 8. The second kappa shape index (κ2) is 13.3. The molecule has 0 saturated heterocycles. The van der Waals surface area contributed by atoms with Gasteiger partial charge in [-0.25, -0.2) is 0 Å². The molecule has 2 aromatic heterocycles. The zero-order valence-corrected chi connectivity index (χ0v) is 32.2. The van der Waals surface area contributed by atoms with Crippen LogP contribution in [0.3, 0.4) is 0 Å². The number of hydrogen-bond donors (Lipinski definition) is 0. The topological polar surface area (TPSA) is 10.9 Å². The SMILES string of the molecule is CCc1ccc(N(c2ccccc2)c2ccc3cc4c5cccc6c7cc8ccc(N(c9ccccc9)c9ccc(CC)cc9)cc8cc7n(c4cc3c2)c56)cc1. The Labute approximate surface area is 332 Å². The average molecular weight is 732 g/mol. The van der Waals surface area contributed by atoms with Crippen LogP contribution in [0.4, 0.5) is 34.1 Å². The van der Waals surface area contributed by atoms with E-state index >= 15 is 0 Å². The van der Waals surface area contributed by atoms with Crippen LogP contribution in [-0.2, 0) is 12.8 Å². The van der Waals surface area contributed by atoms with E-state index in [-0.39, 0.29) is 0 Å². The number of nitrogens with zero attached hydrogens (tertiary/aromatic N) is 3. The summed E-state index contributed by atoms with van der Waals surface area (Å²) in [6, 6.07) is 69.6. The molecule has 9 aromatic carbocycles. The number of aromatic nitrogens is 1. The Morgan fingerprint density at radius 2 is 0.737 bits per heavy atom. The van der Waals surface area contributed by atoms with Gasteiger partial charge in [-0.3, -0.25) is 0 Å². The van der Waals surface area contributed by atoms with Gasteiger partial charge in [-0.05, 0) is 143 Å². The van der Waals surface area contributed by atoms with Gasteiger partial charge in [-0.2, -0.15) is 0 Å². The third kappa shape index (κ3) is 5.42. The molecule has 0 spiro atoms. The lowest BCUT2D eigenvalue weighted by molar-refractivity contribution is 1.14. The van der Waals surface area contributed by atoms with Crippen LogP contribution in [0.1, 0.15) is 25.0 Å². The van der Waals surface area contributed by atoms with Crippen molar-refractivity contribution in [1.82, 2.24) is 4.40 Å². The molecule has 57 heavy (non-hydrogen) atoms. The third-order valence-electron chi connectivity index (χ3n) is 11.9. The molecule has 2 heterocycles. The van der Waals surface area contributed by atoms with Crippen molar-refractivity contribution in [2.24, 2.45) is 0 Å². The van der Waals surface area contributed by atoms with Gasteiger partial charge in [0.25, 0.3) is 0 Å². The van der Waals surface area contributed by atoms with E-state index < -0.39 is 0 Å². The fraction of sp³-hybridized carbons (Fsp3) is 0.0741. The Balaban J connectivity index is 1.11. The van der Waals surface area contributed by atoms with Crippen LogP contribution in [0.2, 0.25) is 0 Å². The van der Waals surface area contributed by atoms with Crippen molar-refractivity contribution in [1.29, 1.82) is 0 Å². The quantitative estimate of drug-likeness (QED) is 0.154. The van der Waals surface area contributed by atoms with Crippen molar-refractivity contribution in [3.05, 3.63) is 199 Å². The van der Waals surface area contributed by atoms with Crippen molar-refractivity contribution < 1.29 is 0 Å². The Kier molecular flexibility index (Phi) is 7.75. The number of para-hydroxylation sites is 3. The highest BCUT2D eigenvalue weighted by atomic mass is 15.1. The van der Waals surface area contributed by atoms with Gasteiger partial charge in [-0.15, -0.1) is 0 Å². The summed E-state index contributed by atoms with van der Waals surface area (Å²) in [6.07, 6.45) is 2.04. The molecule has 11 aromatic rings. The average Bonchev–Trinajstić information content (AvgIpc) is 3.77. The summed E-state index contributed by atoms with van der Waals surface area (Å²) in [7, 11) is 0. The van der Waals surface area contributed by atoms with Crippen LogP contribution in [0.25, 0.3) is 59.6 Å². The second-order valence-corrected chi connectivity index (χ2v) is 15.2. The van der Waals surface area contributed by atoms with Crippen molar-refractivity contribution in [2.75, 3.05) is 9.80 Å². The number of fused-ring (bicyclic) bond motifs is 8. The van der Waals surface area contributed by atoms with Crippen molar-refractivity contribution >= 4 is 93.8 Å². The van der Waals surface area contributed by atoms with Crippen LogP contribution < -0.4 is 9.80 Å². The fourth-order valence-electron chi connectivity index (χ4n) is 9.03. The fourth-order valence-corrected chi connectivity index (χ4v) is 9.03. The summed E-state index contributed by atoms with van der Waals surface area (Å²) in [5.41, 5.74) is 13.3. The molecule has 0 aliphatic rings. The third-order valence-corrected chi connectivity index (χ3v) is 11.9. The van der Waals surface area contributed by atoms with Crippen LogP contribution in [-0.4, -0.2) is 4.40 Å². The second-order valence-electron chi connectivity index (χ2n) is 15.2. The maximum Gasteiger partial charge on any atom is 0.0620 e. The summed E-state index contributed by atoms with van der Waals surface area (Å²) in [4.78, 5) is 4.73. The molecule has 0 aliphatic carbocycles. The van der Waals surface area contributed by atoms with Gasteiger partial charge in [0.05, 0.1) is 16.6 Å². The molecule has 272 valence electrons. The van der Waals surface area contributed by atoms with Crippen LogP contribution in [0.5, 0.6) is 0 Å². The summed E-state index contributed by atoms with van der Waals surface area (Å²) in [5.74, 6) is 0. The summed E-state index contributed by atoms with van der Waals surface area (Å²) < 4.78 is 2.52. The highest BCUT2D eigenvalue weighted by Crippen LogP contribution is 2.44. The molecule has 0 saturated carbocycles. The molecule has 0 amide bonds. The number of anilines is 6. The van der Waals surface area contributed by atoms with E-state index in [2.05, 4.69) is 216 Å². The normalized spacial score (nSPS) is 11.8. The molecular weight excluding hydrogens is 691 g/mol. The Bertz CT molecular complexity index is 3020. The van der Waals surface area contributed by atoms with Gasteiger partial charge < -0.3 is 14.2 Å². The van der Waals surface area contributed by atoms with Crippen molar-refractivity contribution in [3.63, 3.8) is 0 Å². The van der Waals surface area contributed by atoms with Gasteiger partial charge in [0, 0.05) is 55.7 Å². The van der Waals surface area contributed by atoms with Gasteiger partial charge >= 0.3 is 0 Å². The smallest absolute Gasteiger partial charge is 0.0620 e. The predicted molar refractivity (Wildman–Crippen MR) is 244 cm³/mol. The summed E-state index contributed by atoms with van der Waals surface area (Å²) in [6.45, 7) is 4.41. The number of benzene rings is 9. The molecule has 0 radical (unpaired) electrons. The summed E-state index contributed by atoms with van der Waals surface area (Å²) in [5, 5.41) is 10.1. The molecule has 0 bridgehead atoms. The van der Waals surface area contributed by atoms with E-state index in [0.29, 0.717) is 0 Å².